The number of para-hydroxylation sites is 2. The van der Waals surface area contributed by atoms with Crippen LogP contribution in [0.15, 0.2) is 209 Å². The molecule has 0 aliphatic rings. The van der Waals surface area contributed by atoms with Crippen molar-refractivity contribution in [2.45, 2.75) is 0 Å². The first-order valence-corrected chi connectivity index (χ1v) is 19.5. The van der Waals surface area contributed by atoms with E-state index in [1.165, 1.54) is 0 Å². The van der Waals surface area contributed by atoms with Crippen molar-refractivity contribution in [2.75, 3.05) is 0 Å². The van der Waals surface area contributed by atoms with Crippen molar-refractivity contribution in [1.82, 2.24) is 0 Å². The monoisotopic (exact) mass is 739 g/mol. The van der Waals surface area contributed by atoms with Gasteiger partial charge in [0.25, 0.3) is 0 Å². The predicted octanol–water partition coefficient (Wildman–Crippen LogP) is 15.4. The fourth-order valence-corrected chi connectivity index (χ4v) is 8.55. The molecule has 0 saturated heterocycles. The van der Waals surface area contributed by atoms with Gasteiger partial charge in [-0.05, 0) is 140 Å². The van der Waals surface area contributed by atoms with Crippen LogP contribution in [0.4, 0.5) is 0 Å². The van der Waals surface area contributed by atoms with Crippen LogP contribution in [0.1, 0.15) is 5.56 Å². The van der Waals surface area contributed by atoms with Crippen LogP contribution in [-0.2, 0) is 0 Å². The molecule has 0 amide bonds. The number of hydrogen-bond acceptors (Lipinski definition) is 3. The van der Waals surface area contributed by atoms with Gasteiger partial charge in [0.05, 0.1) is 11.6 Å². The van der Waals surface area contributed by atoms with Crippen molar-refractivity contribution in [3.63, 3.8) is 0 Å². The maximum absolute atomic E-state index is 10.2. The Balaban J connectivity index is 1.24. The number of benzene rings is 9. The smallest absolute Gasteiger partial charge is 0.135 e. The highest BCUT2D eigenvalue weighted by atomic mass is 16.3. The van der Waals surface area contributed by atoms with E-state index in [4.69, 9.17) is 8.83 Å². The zero-order chi connectivity index (χ0) is 38.6. The molecule has 0 N–H and O–H groups in total. The summed E-state index contributed by atoms with van der Waals surface area (Å²) in [5.74, 6) is 0. The summed E-state index contributed by atoms with van der Waals surface area (Å²) in [4.78, 5) is 0. The summed E-state index contributed by atoms with van der Waals surface area (Å²) in [6.07, 6.45) is 0. The van der Waals surface area contributed by atoms with E-state index >= 15 is 0 Å². The van der Waals surface area contributed by atoms with E-state index in [0.717, 1.165) is 111 Å². The molecule has 11 rings (SSSR count). The molecular formula is C55H33NO2. The number of furan rings is 2. The third-order valence-corrected chi connectivity index (χ3v) is 11.3. The second-order valence-electron chi connectivity index (χ2n) is 14.8. The summed E-state index contributed by atoms with van der Waals surface area (Å²) in [6.45, 7) is 0. The molecule has 3 heteroatoms. The SMILES string of the molecule is N#Cc1ccccc1-c1cc(-c2ccccc2)cc(-c2cc(-c3ccc4oc5ccccc5c4c3)c(-c3ccccc3)c(-c3ccc4oc5ccccc5c4c3)c2)c1. The Morgan fingerprint density at radius 1 is 0.293 bits per heavy atom. The minimum absolute atomic E-state index is 0.640. The summed E-state index contributed by atoms with van der Waals surface area (Å²) in [7, 11) is 0. The molecule has 0 saturated carbocycles. The second-order valence-corrected chi connectivity index (χ2v) is 14.8. The van der Waals surface area contributed by atoms with Gasteiger partial charge < -0.3 is 8.83 Å². The van der Waals surface area contributed by atoms with Gasteiger partial charge in [-0.25, -0.2) is 0 Å². The highest BCUT2D eigenvalue weighted by Gasteiger charge is 2.21. The third kappa shape index (κ3) is 5.67. The van der Waals surface area contributed by atoms with Crippen molar-refractivity contribution in [3.8, 4) is 72.8 Å². The van der Waals surface area contributed by atoms with Crippen molar-refractivity contribution in [2.24, 2.45) is 0 Å². The fourth-order valence-electron chi connectivity index (χ4n) is 8.55. The van der Waals surface area contributed by atoms with Crippen LogP contribution in [0.25, 0.3) is 111 Å². The van der Waals surface area contributed by atoms with E-state index in [2.05, 4.69) is 152 Å². The van der Waals surface area contributed by atoms with Crippen LogP contribution >= 0.6 is 0 Å². The normalized spacial score (nSPS) is 11.4. The van der Waals surface area contributed by atoms with Gasteiger partial charge in [0.1, 0.15) is 22.3 Å². The molecule has 9 aromatic carbocycles. The first-order valence-electron chi connectivity index (χ1n) is 19.5. The molecule has 0 unspecified atom stereocenters. The molecule has 2 aromatic heterocycles. The largest absolute Gasteiger partial charge is 0.456 e. The van der Waals surface area contributed by atoms with Gasteiger partial charge >= 0.3 is 0 Å². The first kappa shape index (κ1) is 33.4. The van der Waals surface area contributed by atoms with Crippen LogP contribution in [0, 0.1) is 11.3 Å². The standard InChI is InChI=1S/C55H33NO2/c56-34-39-17-7-8-18-44(39)43-28-40(35-13-3-1-4-14-35)27-41(29-43)42-32-47(37-23-25-53-49(30-37)45-19-9-11-21-51(45)57-53)55(36-15-5-2-6-16-36)48(33-42)38-24-26-54-50(31-38)46-20-10-12-22-52(46)58-54/h1-33H. The summed E-state index contributed by atoms with van der Waals surface area (Å²) >= 11 is 0. The van der Waals surface area contributed by atoms with Crippen LogP contribution in [0.2, 0.25) is 0 Å². The summed E-state index contributed by atoms with van der Waals surface area (Å²) in [6, 6.07) is 72.4. The molecule has 3 nitrogen and oxygen atoms in total. The molecule has 58 heavy (non-hydrogen) atoms. The average molecular weight is 740 g/mol. The summed E-state index contributed by atoms with van der Waals surface area (Å²) in [5, 5.41) is 14.5. The zero-order valence-corrected chi connectivity index (χ0v) is 31.3. The van der Waals surface area contributed by atoms with Crippen molar-refractivity contribution in [1.29, 1.82) is 5.26 Å². The van der Waals surface area contributed by atoms with Crippen LogP contribution in [-0.4, -0.2) is 0 Å². The highest BCUT2D eigenvalue weighted by Crippen LogP contribution is 2.46. The lowest BCUT2D eigenvalue weighted by atomic mass is 9.83. The quantitative estimate of drug-likeness (QED) is 0.171. The Morgan fingerprint density at radius 3 is 1.33 bits per heavy atom. The van der Waals surface area contributed by atoms with Crippen molar-refractivity contribution >= 4 is 43.9 Å². The third-order valence-electron chi connectivity index (χ3n) is 11.3. The molecule has 0 aliphatic carbocycles. The van der Waals surface area contributed by atoms with E-state index in [0.29, 0.717) is 5.56 Å². The molecule has 0 radical (unpaired) electrons. The van der Waals surface area contributed by atoms with Crippen molar-refractivity contribution in [3.05, 3.63) is 206 Å². The number of nitriles is 1. The van der Waals surface area contributed by atoms with E-state index in [1.54, 1.807) is 0 Å². The van der Waals surface area contributed by atoms with Crippen LogP contribution in [0.5, 0.6) is 0 Å². The molecule has 0 spiro atoms. The van der Waals surface area contributed by atoms with E-state index in [-0.39, 0.29) is 0 Å². The topological polar surface area (TPSA) is 50.1 Å². The molecule has 2 heterocycles. The summed E-state index contributed by atoms with van der Waals surface area (Å²) in [5.41, 5.74) is 16.9. The Morgan fingerprint density at radius 2 is 0.741 bits per heavy atom. The molecule has 0 aliphatic heterocycles. The second kappa shape index (κ2) is 13.7. The Bertz CT molecular complexity index is 3270. The molecule has 0 atom stereocenters. The van der Waals surface area contributed by atoms with Gasteiger partial charge in [-0.15, -0.1) is 0 Å². The van der Waals surface area contributed by atoms with Crippen molar-refractivity contribution < 1.29 is 8.83 Å². The highest BCUT2D eigenvalue weighted by molar-refractivity contribution is 6.10. The van der Waals surface area contributed by atoms with E-state index < -0.39 is 0 Å². The van der Waals surface area contributed by atoms with E-state index in [9.17, 15) is 5.26 Å². The zero-order valence-electron chi connectivity index (χ0n) is 31.3. The van der Waals surface area contributed by atoms with Gasteiger partial charge in [-0.2, -0.15) is 5.26 Å². The molecule has 11 aromatic rings. The van der Waals surface area contributed by atoms with Gasteiger partial charge in [0.15, 0.2) is 0 Å². The first-order chi connectivity index (χ1) is 28.7. The number of fused-ring (bicyclic) bond motifs is 6. The Hall–Kier alpha value is -7.93. The number of hydrogen-bond donors (Lipinski definition) is 0. The van der Waals surface area contributed by atoms with Crippen LogP contribution in [0.3, 0.4) is 0 Å². The lowest BCUT2D eigenvalue weighted by Gasteiger charge is -2.20. The number of nitrogens with zero attached hydrogens (tertiary/aromatic N) is 1. The molecular weight excluding hydrogens is 707 g/mol. The van der Waals surface area contributed by atoms with Gasteiger partial charge in [0.2, 0.25) is 0 Å². The molecule has 0 fully saturated rings. The minimum Gasteiger partial charge on any atom is -0.456 e. The van der Waals surface area contributed by atoms with Gasteiger partial charge in [-0.3, -0.25) is 0 Å². The maximum Gasteiger partial charge on any atom is 0.135 e. The van der Waals surface area contributed by atoms with Gasteiger partial charge in [0, 0.05) is 21.5 Å². The Kier molecular flexibility index (Phi) is 7.88. The van der Waals surface area contributed by atoms with Crippen LogP contribution < -0.4 is 0 Å². The Labute approximate surface area is 335 Å². The molecule has 270 valence electrons. The lowest BCUT2D eigenvalue weighted by molar-refractivity contribution is 0.668. The van der Waals surface area contributed by atoms with Gasteiger partial charge in [-0.1, -0.05) is 127 Å². The predicted molar refractivity (Wildman–Crippen MR) is 238 cm³/mol. The van der Waals surface area contributed by atoms with E-state index in [1.807, 2.05) is 54.6 Å². The lowest BCUT2D eigenvalue weighted by Crippen LogP contribution is -1.94. The minimum atomic E-state index is 0.640. The number of rotatable bonds is 6. The maximum atomic E-state index is 10.2. The summed E-state index contributed by atoms with van der Waals surface area (Å²) < 4.78 is 12.6. The average Bonchev–Trinajstić information content (AvgIpc) is 3.86. The fraction of sp³-hybridized carbons (Fsp3) is 0. The molecule has 0 bridgehead atoms.